The molecule has 0 amide bonds. The molecule has 0 bridgehead atoms. The van der Waals surface area contributed by atoms with Crippen LogP contribution in [0.2, 0.25) is 0 Å². The third kappa shape index (κ3) is 12.7. The van der Waals surface area contributed by atoms with Gasteiger partial charge in [-0.15, -0.1) is 0 Å². The number of rotatable bonds is 11. The van der Waals surface area contributed by atoms with E-state index in [1.807, 2.05) is 0 Å². The molecule has 86 valence electrons. The Balaban J connectivity index is 2.78. The van der Waals surface area contributed by atoms with Crippen molar-refractivity contribution in [3.63, 3.8) is 0 Å². The normalized spacial score (nSPS) is 10.7. The summed E-state index contributed by atoms with van der Waals surface area (Å²) in [5.41, 5.74) is 0. The maximum absolute atomic E-state index is 2.28. The third-order valence-corrected chi connectivity index (χ3v) is 4.82. The monoisotopic (exact) mass is 234 g/mol. The molecule has 0 saturated carbocycles. The van der Waals surface area contributed by atoms with E-state index in [2.05, 4.69) is 35.4 Å². The zero-order valence-electron chi connectivity index (χ0n) is 9.89. The van der Waals surface area contributed by atoms with E-state index in [0.29, 0.717) is 0 Å². The van der Waals surface area contributed by atoms with E-state index in [1.165, 1.54) is 62.9 Å². The first-order valence-corrected chi connectivity index (χ1v) is 8.65. The SMILES string of the molecule is CCCCCCCSSCCCCC. The van der Waals surface area contributed by atoms with Crippen LogP contribution in [0, 0.1) is 0 Å². The molecule has 0 aliphatic heterocycles. The van der Waals surface area contributed by atoms with Crippen LogP contribution < -0.4 is 0 Å². The second-order valence-electron chi connectivity index (χ2n) is 3.77. The minimum Gasteiger partial charge on any atom is -0.0942 e. The Morgan fingerprint density at radius 3 is 1.57 bits per heavy atom. The van der Waals surface area contributed by atoms with Crippen LogP contribution in [0.15, 0.2) is 0 Å². The Bertz CT molecular complexity index is 82.3. The van der Waals surface area contributed by atoms with Gasteiger partial charge in [-0.1, -0.05) is 74.0 Å². The van der Waals surface area contributed by atoms with Crippen molar-refractivity contribution in [2.45, 2.75) is 65.2 Å². The lowest BCUT2D eigenvalue weighted by Gasteiger charge is -2.00. The summed E-state index contributed by atoms with van der Waals surface area (Å²) in [6, 6.07) is 0. The summed E-state index contributed by atoms with van der Waals surface area (Å²) in [6.07, 6.45) is 11.3. The Kier molecular flexibility index (Phi) is 14.4. The van der Waals surface area contributed by atoms with Crippen LogP contribution in [0.3, 0.4) is 0 Å². The van der Waals surface area contributed by atoms with Gasteiger partial charge >= 0.3 is 0 Å². The van der Waals surface area contributed by atoms with Crippen LogP contribution in [0.1, 0.15) is 65.2 Å². The first-order valence-electron chi connectivity index (χ1n) is 6.16. The van der Waals surface area contributed by atoms with Crippen molar-refractivity contribution in [3.05, 3.63) is 0 Å². The van der Waals surface area contributed by atoms with Gasteiger partial charge in [0, 0.05) is 11.5 Å². The van der Waals surface area contributed by atoms with Gasteiger partial charge in [-0.3, -0.25) is 0 Å². The molecule has 0 aromatic carbocycles. The fourth-order valence-corrected chi connectivity index (χ4v) is 3.59. The molecular weight excluding hydrogens is 208 g/mol. The van der Waals surface area contributed by atoms with Gasteiger partial charge in [-0.2, -0.15) is 0 Å². The number of hydrogen-bond donors (Lipinski definition) is 0. The minimum absolute atomic E-state index is 1.35. The van der Waals surface area contributed by atoms with Crippen molar-refractivity contribution in [2.24, 2.45) is 0 Å². The Labute approximate surface area is 98.4 Å². The molecule has 0 spiro atoms. The average molecular weight is 234 g/mol. The lowest BCUT2D eigenvalue weighted by atomic mass is 10.2. The maximum Gasteiger partial charge on any atom is 0.00369 e. The first kappa shape index (κ1) is 14.7. The van der Waals surface area contributed by atoms with Crippen LogP contribution in [0.25, 0.3) is 0 Å². The molecule has 14 heavy (non-hydrogen) atoms. The quantitative estimate of drug-likeness (QED) is 0.340. The predicted octanol–water partition coefficient (Wildman–Crippen LogP) is 5.53. The molecule has 0 N–H and O–H groups in total. The molecule has 0 aromatic heterocycles. The van der Waals surface area contributed by atoms with Gasteiger partial charge in [-0.25, -0.2) is 0 Å². The van der Waals surface area contributed by atoms with E-state index >= 15 is 0 Å². The van der Waals surface area contributed by atoms with Crippen LogP contribution in [0.4, 0.5) is 0 Å². The van der Waals surface area contributed by atoms with E-state index in [-0.39, 0.29) is 0 Å². The molecule has 0 unspecified atom stereocenters. The highest BCUT2D eigenvalue weighted by Gasteiger charge is 1.92. The number of unbranched alkanes of at least 4 members (excludes halogenated alkanes) is 6. The molecule has 0 aromatic rings. The van der Waals surface area contributed by atoms with Crippen molar-refractivity contribution in [2.75, 3.05) is 11.5 Å². The lowest BCUT2D eigenvalue weighted by molar-refractivity contribution is 0.660. The fraction of sp³-hybridized carbons (Fsp3) is 1.00. The molecule has 0 saturated heterocycles. The van der Waals surface area contributed by atoms with Gasteiger partial charge in [0.15, 0.2) is 0 Å². The van der Waals surface area contributed by atoms with Gasteiger partial charge in [0.25, 0.3) is 0 Å². The summed E-state index contributed by atoms with van der Waals surface area (Å²) in [7, 11) is 4.15. The summed E-state index contributed by atoms with van der Waals surface area (Å²) in [4.78, 5) is 0. The summed E-state index contributed by atoms with van der Waals surface area (Å²) in [6.45, 7) is 4.55. The molecule has 0 rings (SSSR count). The molecule has 2 heteroatoms. The Morgan fingerprint density at radius 2 is 1.00 bits per heavy atom. The van der Waals surface area contributed by atoms with E-state index in [9.17, 15) is 0 Å². The van der Waals surface area contributed by atoms with E-state index in [1.54, 1.807) is 0 Å². The van der Waals surface area contributed by atoms with Crippen molar-refractivity contribution in [3.8, 4) is 0 Å². The molecular formula is C12H26S2. The summed E-state index contributed by atoms with van der Waals surface area (Å²) in [5, 5.41) is 0. The largest absolute Gasteiger partial charge is 0.0942 e. The summed E-state index contributed by atoms with van der Waals surface area (Å²) in [5.74, 6) is 2.72. The predicted molar refractivity (Wildman–Crippen MR) is 73.2 cm³/mol. The van der Waals surface area contributed by atoms with Gasteiger partial charge in [0.1, 0.15) is 0 Å². The second kappa shape index (κ2) is 13.7. The minimum atomic E-state index is 1.35. The van der Waals surface area contributed by atoms with E-state index < -0.39 is 0 Å². The van der Waals surface area contributed by atoms with Crippen molar-refractivity contribution < 1.29 is 0 Å². The Hall–Kier alpha value is 0.700. The highest BCUT2D eigenvalue weighted by molar-refractivity contribution is 8.76. The van der Waals surface area contributed by atoms with Crippen LogP contribution in [-0.2, 0) is 0 Å². The van der Waals surface area contributed by atoms with Gasteiger partial charge < -0.3 is 0 Å². The zero-order valence-corrected chi connectivity index (χ0v) is 11.5. The van der Waals surface area contributed by atoms with Gasteiger partial charge in [0.05, 0.1) is 0 Å². The van der Waals surface area contributed by atoms with Crippen molar-refractivity contribution in [1.29, 1.82) is 0 Å². The molecule has 0 radical (unpaired) electrons. The number of hydrogen-bond acceptors (Lipinski definition) is 2. The highest BCUT2D eigenvalue weighted by atomic mass is 33.1. The van der Waals surface area contributed by atoms with E-state index in [0.717, 1.165) is 0 Å². The Morgan fingerprint density at radius 1 is 0.571 bits per heavy atom. The van der Waals surface area contributed by atoms with E-state index in [4.69, 9.17) is 0 Å². The molecule has 0 aliphatic carbocycles. The molecule has 0 fully saturated rings. The average Bonchev–Trinajstić information content (AvgIpc) is 2.21. The molecule has 0 aliphatic rings. The zero-order chi connectivity index (χ0) is 10.5. The fourth-order valence-electron chi connectivity index (χ4n) is 1.29. The smallest absolute Gasteiger partial charge is 0.00369 e. The van der Waals surface area contributed by atoms with Gasteiger partial charge in [0.2, 0.25) is 0 Å². The summed E-state index contributed by atoms with van der Waals surface area (Å²) < 4.78 is 0. The van der Waals surface area contributed by atoms with Crippen molar-refractivity contribution >= 4 is 21.6 Å². The highest BCUT2D eigenvalue weighted by Crippen LogP contribution is 2.24. The standard InChI is InChI=1S/C12H26S2/c1-3-5-7-8-10-12-14-13-11-9-6-4-2/h3-12H2,1-2H3. The molecule has 0 atom stereocenters. The van der Waals surface area contributed by atoms with Crippen LogP contribution >= 0.6 is 21.6 Å². The molecule has 0 heterocycles. The second-order valence-corrected chi connectivity index (χ2v) is 6.47. The maximum atomic E-state index is 2.28. The van der Waals surface area contributed by atoms with Gasteiger partial charge in [-0.05, 0) is 12.8 Å². The summed E-state index contributed by atoms with van der Waals surface area (Å²) >= 11 is 0. The first-order chi connectivity index (χ1) is 6.91. The van der Waals surface area contributed by atoms with Crippen LogP contribution in [0.5, 0.6) is 0 Å². The topological polar surface area (TPSA) is 0 Å². The van der Waals surface area contributed by atoms with Crippen molar-refractivity contribution in [1.82, 2.24) is 0 Å². The lowest BCUT2D eigenvalue weighted by Crippen LogP contribution is -1.81. The third-order valence-electron chi connectivity index (χ3n) is 2.25. The molecule has 0 nitrogen and oxygen atoms in total. The van der Waals surface area contributed by atoms with Crippen LogP contribution in [-0.4, -0.2) is 11.5 Å².